The van der Waals surface area contributed by atoms with Gasteiger partial charge in [-0.15, -0.1) is 0 Å². The van der Waals surface area contributed by atoms with Crippen LogP contribution in [0.2, 0.25) is 0 Å². The Hall–Kier alpha value is -2.85. The maximum absolute atomic E-state index is 13.2. The first-order valence-electron chi connectivity index (χ1n) is 6.88. The molecule has 2 rings (SSSR count). The molecule has 0 radical (unpaired) electrons. The molecule has 5 nitrogen and oxygen atoms in total. The number of sulfone groups is 1. The SMILES string of the molecule is COc1ccc(CS(=O)(=O)/C(C#N)=C/c2ccc(F)c(N)c2)cc1. The number of anilines is 1. The number of ether oxygens (including phenoxy) is 1. The highest BCUT2D eigenvalue weighted by atomic mass is 32.2. The Bertz CT molecular complexity index is 914. The number of nitrogens with zero attached hydrogens (tertiary/aromatic N) is 1. The van der Waals surface area contributed by atoms with Gasteiger partial charge in [-0.1, -0.05) is 18.2 Å². The molecule has 0 aromatic heterocycles. The highest BCUT2D eigenvalue weighted by Gasteiger charge is 2.19. The lowest BCUT2D eigenvalue weighted by Crippen LogP contribution is -2.06. The van der Waals surface area contributed by atoms with Crippen molar-refractivity contribution in [3.63, 3.8) is 0 Å². The molecule has 24 heavy (non-hydrogen) atoms. The lowest BCUT2D eigenvalue weighted by Gasteiger charge is -2.05. The Morgan fingerprint density at radius 1 is 1.29 bits per heavy atom. The van der Waals surface area contributed by atoms with E-state index in [0.29, 0.717) is 16.9 Å². The fourth-order valence-corrected chi connectivity index (χ4v) is 3.26. The van der Waals surface area contributed by atoms with Crippen molar-refractivity contribution in [2.24, 2.45) is 0 Å². The van der Waals surface area contributed by atoms with Crippen LogP contribution in [0.15, 0.2) is 47.4 Å². The Morgan fingerprint density at radius 3 is 2.50 bits per heavy atom. The third-order valence-corrected chi connectivity index (χ3v) is 4.87. The minimum Gasteiger partial charge on any atom is -0.497 e. The molecule has 0 bridgehead atoms. The van der Waals surface area contributed by atoms with Crippen LogP contribution in [0, 0.1) is 17.1 Å². The van der Waals surface area contributed by atoms with E-state index in [-0.39, 0.29) is 11.4 Å². The van der Waals surface area contributed by atoms with Crippen LogP contribution in [-0.2, 0) is 15.6 Å². The molecule has 0 atom stereocenters. The predicted octanol–water partition coefficient (Wildman–Crippen LogP) is 2.90. The van der Waals surface area contributed by atoms with Gasteiger partial charge < -0.3 is 10.5 Å². The Kier molecular flexibility index (Phi) is 5.21. The molecule has 7 heteroatoms. The van der Waals surface area contributed by atoms with Gasteiger partial charge in [-0.2, -0.15) is 5.26 Å². The molecular formula is C17H15FN2O3S. The van der Waals surface area contributed by atoms with Crippen molar-refractivity contribution >= 4 is 21.6 Å². The zero-order valence-electron chi connectivity index (χ0n) is 12.9. The predicted molar refractivity (Wildman–Crippen MR) is 90.0 cm³/mol. The van der Waals surface area contributed by atoms with Crippen LogP contribution in [0.25, 0.3) is 6.08 Å². The highest BCUT2D eigenvalue weighted by molar-refractivity contribution is 7.95. The summed E-state index contributed by atoms with van der Waals surface area (Å²) < 4.78 is 43.0. The van der Waals surface area contributed by atoms with E-state index in [1.165, 1.54) is 25.3 Å². The second-order valence-corrected chi connectivity index (χ2v) is 6.97. The van der Waals surface area contributed by atoms with Crippen LogP contribution < -0.4 is 10.5 Å². The molecule has 0 spiro atoms. The first-order valence-corrected chi connectivity index (χ1v) is 8.53. The van der Waals surface area contributed by atoms with Crippen molar-refractivity contribution < 1.29 is 17.5 Å². The van der Waals surface area contributed by atoms with Crippen LogP contribution in [-0.4, -0.2) is 15.5 Å². The third-order valence-electron chi connectivity index (χ3n) is 3.28. The quantitative estimate of drug-likeness (QED) is 0.664. The van der Waals surface area contributed by atoms with Crippen LogP contribution in [0.1, 0.15) is 11.1 Å². The molecule has 0 unspecified atom stereocenters. The summed E-state index contributed by atoms with van der Waals surface area (Å²) in [6.07, 6.45) is 1.18. The van der Waals surface area contributed by atoms with Gasteiger partial charge in [-0.3, -0.25) is 0 Å². The number of hydrogen-bond donors (Lipinski definition) is 1. The van der Waals surface area contributed by atoms with E-state index in [1.807, 2.05) is 0 Å². The molecule has 0 aliphatic carbocycles. The Balaban J connectivity index is 2.31. The molecule has 0 fully saturated rings. The van der Waals surface area contributed by atoms with Crippen molar-refractivity contribution in [1.82, 2.24) is 0 Å². The number of rotatable bonds is 5. The monoisotopic (exact) mass is 346 g/mol. The minimum atomic E-state index is -3.84. The van der Waals surface area contributed by atoms with E-state index in [1.54, 1.807) is 30.3 Å². The summed E-state index contributed by atoms with van der Waals surface area (Å²) >= 11 is 0. The van der Waals surface area contributed by atoms with Crippen molar-refractivity contribution in [3.05, 3.63) is 64.3 Å². The summed E-state index contributed by atoms with van der Waals surface area (Å²) in [5.41, 5.74) is 6.19. The number of nitrogen functional groups attached to an aromatic ring is 1. The molecule has 0 aliphatic heterocycles. The molecule has 2 aromatic carbocycles. The smallest absolute Gasteiger partial charge is 0.192 e. The van der Waals surface area contributed by atoms with E-state index in [2.05, 4.69) is 0 Å². The third kappa shape index (κ3) is 4.12. The molecule has 0 amide bonds. The van der Waals surface area contributed by atoms with E-state index >= 15 is 0 Å². The van der Waals surface area contributed by atoms with Crippen molar-refractivity contribution in [2.45, 2.75) is 5.75 Å². The summed E-state index contributed by atoms with van der Waals surface area (Å²) in [5, 5.41) is 9.18. The van der Waals surface area contributed by atoms with Gasteiger partial charge >= 0.3 is 0 Å². The minimum absolute atomic E-state index is 0.117. The van der Waals surface area contributed by atoms with E-state index in [9.17, 15) is 18.1 Å². The normalized spacial score (nSPS) is 11.8. The lowest BCUT2D eigenvalue weighted by atomic mass is 10.2. The van der Waals surface area contributed by atoms with E-state index in [4.69, 9.17) is 10.5 Å². The number of methoxy groups -OCH3 is 1. The second kappa shape index (κ2) is 7.15. The van der Waals surface area contributed by atoms with Crippen LogP contribution >= 0.6 is 0 Å². The second-order valence-electron chi connectivity index (χ2n) is 5.01. The zero-order valence-corrected chi connectivity index (χ0v) is 13.7. The summed E-state index contributed by atoms with van der Waals surface area (Å²) in [6, 6.07) is 11.9. The van der Waals surface area contributed by atoms with Gasteiger partial charge in [0.15, 0.2) is 9.84 Å². The summed E-state index contributed by atoms with van der Waals surface area (Å²) in [5.74, 6) is -0.326. The number of nitrogens with two attached hydrogens (primary N) is 1. The molecule has 2 N–H and O–H groups in total. The molecule has 0 saturated heterocycles. The van der Waals surface area contributed by atoms with Gasteiger partial charge in [0.2, 0.25) is 0 Å². The largest absolute Gasteiger partial charge is 0.497 e. The van der Waals surface area contributed by atoms with Crippen LogP contribution in [0.3, 0.4) is 0 Å². The Labute approximate surface area is 139 Å². The molecule has 2 aromatic rings. The summed E-state index contributed by atoms with van der Waals surface area (Å²) in [7, 11) is -2.33. The first kappa shape index (κ1) is 17.5. The molecule has 0 aliphatic rings. The number of hydrogen-bond acceptors (Lipinski definition) is 5. The molecular weight excluding hydrogens is 331 g/mol. The summed E-state index contributed by atoms with van der Waals surface area (Å²) in [6.45, 7) is 0. The zero-order chi connectivity index (χ0) is 17.7. The maximum Gasteiger partial charge on any atom is 0.192 e. The van der Waals surface area contributed by atoms with E-state index in [0.717, 1.165) is 6.07 Å². The number of halogens is 1. The fraction of sp³-hybridized carbons (Fsp3) is 0.118. The number of nitriles is 1. The van der Waals surface area contributed by atoms with Crippen LogP contribution in [0.5, 0.6) is 5.75 Å². The summed E-state index contributed by atoms with van der Waals surface area (Å²) in [4.78, 5) is -0.413. The topological polar surface area (TPSA) is 93.2 Å². The average molecular weight is 346 g/mol. The Morgan fingerprint density at radius 2 is 1.96 bits per heavy atom. The van der Waals surface area contributed by atoms with Crippen LogP contribution in [0.4, 0.5) is 10.1 Å². The van der Waals surface area contributed by atoms with Crippen molar-refractivity contribution in [2.75, 3.05) is 12.8 Å². The van der Waals surface area contributed by atoms with Gasteiger partial charge in [0.1, 0.15) is 22.5 Å². The van der Waals surface area contributed by atoms with Gasteiger partial charge in [0, 0.05) is 0 Å². The maximum atomic E-state index is 13.2. The fourth-order valence-electron chi connectivity index (χ4n) is 2.01. The molecule has 0 heterocycles. The van der Waals surface area contributed by atoms with Gasteiger partial charge in [0.25, 0.3) is 0 Å². The molecule has 0 saturated carbocycles. The van der Waals surface area contributed by atoms with Gasteiger partial charge in [-0.05, 0) is 41.5 Å². The van der Waals surface area contributed by atoms with E-state index < -0.39 is 20.6 Å². The van der Waals surface area contributed by atoms with Crippen molar-refractivity contribution in [3.8, 4) is 11.8 Å². The van der Waals surface area contributed by atoms with Gasteiger partial charge in [-0.25, -0.2) is 12.8 Å². The first-order chi connectivity index (χ1) is 11.4. The lowest BCUT2D eigenvalue weighted by molar-refractivity contribution is 0.414. The average Bonchev–Trinajstić information content (AvgIpc) is 2.56. The number of allylic oxidation sites excluding steroid dienone is 1. The molecule has 124 valence electrons. The highest BCUT2D eigenvalue weighted by Crippen LogP contribution is 2.21. The van der Waals surface area contributed by atoms with Crippen molar-refractivity contribution in [1.29, 1.82) is 5.26 Å². The standard InChI is InChI=1S/C17H15FN2O3S/c1-23-14-5-2-12(3-6-14)11-24(21,22)15(10-19)8-13-4-7-16(18)17(20)9-13/h2-9H,11,20H2,1H3/b15-8+. The number of benzene rings is 2. The van der Waals surface area contributed by atoms with Gasteiger partial charge in [0.05, 0.1) is 18.6 Å².